The lowest BCUT2D eigenvalue weighted by Crippen LogP contribution is -2.06. The summed E-state index contributed by atoms with van der Waals surface area (Å²) >= 11 is 12.1. The van der Waals surface area contributed by atoms with Gasteiger partial charge in [-0.3, -0.25) is 4.79 Å². The second kappa shape index (κ2) is 6.05. The minimum Gasteiger partial charge on any atom is -0.289 e. The topological polar surface area (TPSA) is 17.1 Å². The molecule has 2 aromatic rings. The van der Waals surface area contributed by atoms with Crippen LogP contribution in [0, 0.1) is 13.8 Å². The highest BCUT2D eigenvalue weighted by Crippen LogP contribution is 2.31. The second-order valence-electron chi connectivity index (χ2n) is 4.37. The summed E-state index contributed by atoms with van der Waals surface area (Å²) in [7, 11) is 0.0359. The van der Waals surface area contributed by atoms with Gasteiger partial charge in [0.2, 0.25) is 0 Å². The molecule has 98 valence electrons. The van der Waals surface area contributed by atoms with Gasteiger partial charge in [0.25, 0.3) is 0 Å². The largest absolute Gasteiger partial charge is 0.289 e. The number of benzene rings is 2. The summed E-state index contributed by atoms with van der Waals surface area (Å²) in [6, 6.07) is 11.2. The number of carbonyl (C=O) groups is 1. The minimum atomic E-state index is -0.0238. The van der Waals surface area contributed by atoms with Crippen molar-refractivity contribution in [1.82, 2.24) is 0 Å². The lowest BCUT2D eigenvalue weighted by molar-refractivity contribution is 0.108. The molecule has 0 saturated carbocycles. The molecule has 0 aromatic heterocycles. The Morgan fingerprint density at radius 3 is 2.32 bits per heavy atom. The maximum absolute atomic E-state index is 12.4. The van der Waals surface area contributed by atoms with E-state index in [9.17, 15) is 4.79 Å². The van der Waals surface area contributed by atoms with Gasteiger partial charge < -0.3 is 0 Å². The van der Waals surface area contributed by atoms with Crippen molar-refractivity contribution in [2.24, 2.45) is 0 Å². The summed E-state index contributed by atoms with van der Waals surface area (Å²) in [5.41, 5.74) is 2.65. The van der Waals surface area contributed by atoms with Gasteiger partial charge in [0.05, 0.1) is 15.6 Å². The van der Waals surface area contributed by atoms with E-state index in [-0.39, 0.29) is 14.1 Å². The van der Waals surface area contributed by atoms with Crippen LogP contribution in [-0.4, -0.2) is 5.52 Å². The van der Waals surface area contributed by atoms with Crippen LogP contribution in [0.2, 0.25) is 10.0 Å². The molecule has 19 heavy (non-hydrogen) atoms. The first-order chi connectivity index (χ1) is 8.99. The molecule has 0 N–H and O–H groups in total. The molecule has 0 fully saturated rings. The van der Waals surface area contributed by atoms with Gasteiger partial charge in [-0.05, 0) is 45.4 Å². The molecule has 1 unspecified atom stereocenters. The van der Waals surface area contributed by atoms with Gasteiger partial charge in [-0.25, -0.2) is 0 Å². The van der Waals surface area contributed by atoms with Crippen LogP contribution in [0.1, 0.15) is 21.5 Å². The smallest absolute Gasteiger partial charge is 0.188 e. The fourth-order valence-corrected chi connectivity index (χ4v) is 3.72. The molecular formula is C15H13Cl2OP. The van der Waals surface area contributed by atoms with Crippen molar-refractivity contribution in [1.29, 1.82) is 0 Å². The van der Waals surface area contributed by atoms with Gasteiger partial charge in [-0.1, -0.05) is 53.0 Å². The van der Waals surface area contributed by atoms with Gasteiger partial charge in [0.1, 0.15) is 0 Å². The van der Waals surface area contributed by atoms with Crippen LogP contribution in [-0.2, 0) is 0 Å². The molecule has 1 atom stereocenters. The number of halogens is 2. The van der Waals surface area contributed by atoms with E-state index in [4.69, 9.17) is 23.2 Å². The Labute approximate surface area is 124 Å². The van der Waals surface area contributed by atoms with Crippen molar-refractivity contribution in [3.63, 3.8) is 0 Å². The zero-order valence-corrected chi connectivity index (χ0v) is 13.1. The van der Waals surface area contributed by atoms with Crippen LogP contribution >= 0.6 is 31.8 Å². The van der Waals surface area contributed by atoms with Crippen LogP contribution < -0.4 is 5.30 Å². The predicted molar refractivity (Wildman–Crippen MR) is 84.7 cm³/mol. The number of aryl methyl sites for hydroxylation is 2. The van der Waals surface area contributed by atoms with Crippen molar-refractivity contribution < 1.29 is 4.79 Å². The van der Waals surface area contributed by atoms with Crippen molar-refractivity contribution >= 4 is 42.6 Å². The minimum absolute atomic E-state index is 0.0238. The summed E-state index contributed by atoms with van der Waals surface area (Å²) in [5, 5.41) is 1.87. The summed E-state index contributed by atoms with van der Waals surface area (Å²) in [5.74, 6) is 0. The van der Waals surface area contributed by atoms with Gasteiger partial charge in [0.15, 0.2) is 5.52 Å². The highest BCUT2D eigenvalue weighted by atomic mass is 35.5. The summed E-state index contributed by atoms with van der Waals surface area (Å²) in [6.07, 6.45) is 0. The maximum atomic E-state index is 12.4. The summed E-state index contributed by atoms with van der Waals surface area (Å²) in [6.45, 7) is 4.02. The van der Waals surface area contributed by atoms with E-state index in [1.54, 1.807) is 18.2 Å². The van der Waals surface area contributed by atoms with Crippen LogP contribution in [0.5, 0.6) is 0 Å². The molecule has 0 radical (unpaired) electrons. The van der Waals surface area contributed by atoms with E-state index < -0.39 is 0 Å². The first-order valence-electron chi connectivity index (χ1n) is 5.81. The Kier molecular flexibility index (Phi) is 4.62. The first-order valence-corrected chi connectivity index (χ1v) is 7.57. The fraction of sp³-hybridized carbons (Fsp3) is 0.133. The molecular weight excluding hydrogens is 298 g/mol. The standard InChI is InChI=1S/C15H13Cl2OP/c1-9-6-7-10(2)13(8-9)19-15(18)14-11(16)4-3-5-12(14)17/h3-8,19H,1-2H3. The maximum Gasteiger partial charge on any atom is 0.188 e. The van der Waals surface area contributed by atoms with Gasteiger partial charge in [-0.2, -0.15) is 0 Å². The van der Waals surface area contributed by atoms with Crippen molar-refractivity contribution in [3.8, 4) is 0 Å². The fourth-order valence-electron chi connectivity index (χ4n) is 1.77. The first kappa shape index (κ1) is 14.5. The van der Waals surface area contributed by atoms with Crippen LogP contribution in [0.3, 0.4) is 0 Å². The van der Waals surface area contributed by atoms with Crippen LogP contribution in [0.25, 0.3) is 0 Å². The number of rotatable bonds is 3. The van der Waals surface area contributed by atoms with E-state index in [1.165, 1.54) is 0 Å². The van der Waals surface area contributed by atoms with Crippen LogP contribution in [0.4, 0.5) is 0 Å². The van der Waals surface area contributed by atoms with Gasteiger partial charge >= 0.3 is 0 Å². The van der Waals surface area contributed by atoms with Crippen LogP contribution in [0.15, 0.2) is 36.4 Å². The Morgan fingerprint density at radius 1 is 1.05 bits per heavy atom. The van der Waals surface area contributed by atoms with Gasteiger partial charge in [0, 0.05) is 0 Å². The molecule has 2 rings (SSSR count). The highest BCUT2D eigenvalue weighted by Gasteiger charge is 2.15. The SMILES string of the molecule is Cc1ccc(C)c(PC(=O)c2c(Cl)cccc2Cl)c1. The highest BCUT2D eigenvalue weighted by molar-refractivity contribution is 7.66. The molecule has 0 aliphatic heterocycles. The predicted octanol–water partition coefficient (Wildman–Crippen LogP) is 4.75. The summed E-state index contributed by atoms with van der Waals surface area (Å²) in [4.78, 5) is 12.4. The quantitative estimate of drug-likeness (QED) is 0.747. The Balaban J connectivity index is 2.34. The lowest BCUT2D eigenvalue weighted by Gasteiger charge is -2.09. The second-order valence-corrected chi connectivity index (χ2v) is 6.43. The molecule has 4 heteroatoms. The van der Waals surface area contributed by atoms with Crippen molar-refractivity contribution in [3.05, 3.63) is 63.1 Å². The molecule has 0 aliphatic carbocycles. The lowest BCUT2D eigenvalue weighted by atomic mass is 10.2. The van der Waals surface area contributed by atoms with E-state index in [0.717, 1.165) is 16.4 Å². The van der Waals surface area contributed by atoms with E-state index in [1.807, 2.05) is 32.0 Å². The zero-order valence-electron chi connectivity index (χ0n) is 10.6. The zero-order chi connectivity index (χ0) is 14.0. The third-order valence-electron chi connectivity index (χ3n) is 2.83. The molecule has 0 bridgehead atoms. The molecule has 2 aromatic carbocycles. The number of hydrogen-bond acceptors (Lipinski definition) is 1. The Bertz CT molecular complexity index is 618. The Hall–Kier alpha value is -0.880. The Morgan fingerprint density at radius 2 is 1.68 bits per heavy atom. The average molecular weight is 311 g/mol. The van der Waals surface area contributed by atoms with Crippen molar-refractivity contribution in [2.75, 3.05) is 0 Å². The van der Waals surface area contributed by atoms with E-state index >= 15 is 0 Å². The monoisotopic (exact) mass is 310 g/mol. The average Bonchev–Trinajstić information content (AvgIpc) is 2.33. The normalized spacial score (nSPS) is 11.2. The molecule has 0 spiro atoms. The number of carbonyl (C=O) groups excluding carboxylic acids is 1. The number of hydrogen-bond donors (Lipinski definition) is 0. The molecule has 0 saturated heterocycles. The molecule has 0 aliphatic rings. The summed E-state index contributed by atoms with van der Waals surface area (Å²) < 4.78 is 0. The third kappa shape index (κ3) is 3.36. The van der Waals surface area contributed by atoms with Gasteiger partial charge in [-0.15, -0.1) is 0 Å². The molecule has 1 nitrogen and oxygen atoms in total. The molecule has 0 heterocycles. The van der Waals surface area contributed by atoms with E-state index in [2.05, 4.69) is 0 Å². The van der Waals surface area contributed by atoms with Crippen molar-refractivity contribution in [2.45, 2.75) is 13.8 Å². The van der Waals surface area contributed by atoms with E-state index in [0.29, 0.717) is 15.6 Å². The third-order valence-corrected chi connectivity index (χ3v) is 4.75. The molecule has 0 amide bonds.